The minimum atomic E-state index is -0.566. The summed E-state index contributed by atoms with van der Waals surface area (Å²) >= 11 is 0. The summed E-state index contributed by atoms with van der Waals surface area (Å²) in [5.74, 6) is -0.993. The Balaban J connectivity index is 1.66. The molecule has 1 fully saturated rings. The third-order valence-corrected chi connectivity index (χ3v) is 4.07. The van der Waals surface area contributed by atoms with E-state index in [0.29, 0.717) is 0 Å². The minimum Gasteiger partial charge on any atom is -0.426 e. The van der Waals surface area contributed by atoms with Gasteiger partial charge in [-0.2, -0.15) is 0 Å². The Bertz CT molecular complexity index is 814. The molecule has 0 spiro atoms. The van der Waals surface area contributed by atoms with Crippen molar-refractivity contribution in [2.45, 2.75) is 13.3 Å². The molecule has 1 atom stereocenters. The van der Waals surface area contributed by atoms with Gasteiger partial charge in [-0.3, -0.25) is 19.7 Å². The van der Waals surface area contributed by atoms with Crippen molar-refractivity contribution in [3.8, 4) is 5.75 Å². The molecule has 2 aromatic carbocycles. The second kappa shape index (κ2) is 6.72. The lowest BCUT2D eigenvalue weighted by Crippen LogP contribution is -2.27. The molecule has 0 unspecified atom stereocenters. The van der Waals surface area contributed by atoms with Crippen LogP contribution >= 0.6 is 0 Å². The first-order valence-electron chi connectivity index (χ1n) is 7.77. The number of nitro groups is 1. The van der Waals surface area contributed by atoms with Crippen molar-refractivity contribution < 1.29 is 19.2 Å². The number of carbonyl (C=O) groups excluding carboxylic acids is 2. The summed E-state index contributed by atoms with van der Waals surface area (Å²) in [5.41, 5.74) is 1.76. The summed E-state index contributed by atoms with van der Waals surface area (Å²) in [6, 6.07) is 12.8. The number of nitro benzene ring substituents is 1. The number of ether oxygens (including phenoxy) is 1. The number of hydrogen-bond donors (Lipinski definition) is 0. The average Bonchev–Trinajstić information content (AvgIpc) is 2.98. The average molecular weight is 340 g/mol. The van der Waals surface area contributed by atoms with Crippen LogP contribution in [0.5, 0.6) is 5.75 Å². The minimum absolute atomic E-state index is 0.0820. The van der Waals surface area contributed by atoms with Gasteiger partial charge in [-0.15, -0.1) is 0 Å². The van der Waals surface area contributed by atoms with E-state index in [4.69, 9.17) is 4.74 Å². The summed E-state index contributed by atoms with van der Waals surface area (Å²) in [6.45, 7) is 2.22. The van der Waals surface area contributed by atoms with Gasteiger partial charge in [0.05, 0.1) is 10.8 Å². The van der Waals surface area contributed by atoms with E-state index in [1.807, 2.05) is 31.2 Å². The van der Waals surface area contributed by atoms with Gasteiger partial charge in [0.2, 0.25) is 5.91 Å². The van der Waals surface area contributed by atoms with Gasteiger partial charge in [-0.05, 0) is 31.2 Å². The van der Waals surface area contributed by atoms with Gasteiger partial charge in [0.25, 0.3) is 5.69 Å². The standard InChI is InChI=1S/C18H16N2O5/c1-12-2-4-14(5-3-12)19-11-13(10-17(19)21)18(22)25-16-8-6-15(7-9-16)20(23)24/h2-9,13H,10-11H2,1H3/t13-/m0/s1. The van der Waals surface area contributed by atoms with Crippen LogP contribution in [0.3, 0.4) is 0 Å². The largest absolute Gasteiger partial charge is 0.426 e. The summed E-state index contributed by atoms with van der Waals surface area (Å²) in [5, 5.41) is 10.6. The molecule has 0 radical (unpaired) electrons. The number of amides is 1. The molecular formula is C18H16N2O5. The molecule has 25 heavy (non-hydrogen) atoms. The molecule has 0 N–H and O–H groups in total. The normalized spacial score (nSPS) is 16.8. The molecule has 1 amide bonds. The molecular weight excluding hydrogens is 324 g/mol. The lowest BCUT2D eigenvalue weighted by atomic mass is 10.1. The van der Waals surface area contributed by atoms with Crippen molar-refractivity contribution in [3.63, 3.8) is 0 Å². The fourth-order valence-electron chi connectivity index (χ4n) is 2.68. The quantitative estimate of drug-likeness (QED) is 0.369. The third kappa shape index (κ3) is 3.65. The summed E-state index contributed by atoms with van der Waals surface area (Å²) < 4.78 is 5.24. The van der Waals surface area contributed by atoms with Crippen molar-refractivity contribution in [1.82, 2.24) is 0 Å². The number of aryl methyl sites for hydroxylation is 1. The molecule has 0 saturated carbocycles. The number of anilines is 1. The Kier molecular flexibility index (Phi) is 4.47. The lowest BCUT2D eigenvalue weighted by molar-refractivity contribution is -0.384. The maximum Gasteiger partial charge on any atom is 0.316 e. The Hall–Kier alpha value is -3.22. The molecule has 1 aliphatic heterocycles. The second-order valence-corrected chi connectivity index (χ2v) is 5.91. The predicted molar refractivity (Wildman–Crippen MR) is 90.4 cm³/mol. The van der Waals surface area contributed by atoms with Crippen LogP contribution in [0, 0.1) is 23.0 Å². The van der Waals surface area contributed by atoms with Crippen LogP contribution in [0.2, 0.25) is 0 Å². The molecule has 2 aromatic rings. The Morgan fingerprint density at radius 3 is 2.40 bits per heavy atom. The summed E-state index contributed by atoms with van der Waals surface area (Å²) in [7, 11) is 0. The van der Waals surface area contributed by atoms with Gasteiger partial charge in [-0.25, -0.2) is 0 Å². The van der Waals surface area contributed by atoms with Gasteiger partial charge in [0.15, 0.2) is 0 Å². The number of nitrogens with zero attached hydrogens (tertiary/aromatic N) is 2. The molecule has 1 heterocycles. The summed E-state index contributed by atoms with van der Waals surface area (Å²) in [6.07, 6.45) is 0.0830. The Morgan fingerprint density at radius 2 is 1.80 bits per heavy atom. The van der Waals surface area contributed by atoms with Gasteiger partial charge in [-0.1, -0.05) is 17.7 Å². The smallest absolute Gasteiger partial charge is 0.316 e. The van der Waals surface area contributed by atoms with E-state index >= 15 is 0 Å². The topological polar surface area (TPSA) is 89.8 Å². The van der Waals surface area contributed by atoms with Crippen molar-refractivity contribution in [1.29, 1.82) is 0 Å². The number of hydrogen-bond acceptors (Lipinski definition) is 5. The summed E-state index contributed by atoms with van der Waals surface area (Å²) in [4.78, 5) is 36.1. The fraction of sp³-hybridized carbons (Fsp3) is 0.222. The highest BCUT2D eigenvalue weighted by Gasteiger charge is 2.36. The van der Waals surface area contributed by atoms with E-state index in [-0.39, 0.29) is 30.3 Å². The van der Waals surface area contributed by atoms with Crippen LogP contribution in [0.4, 0.5) is 11.4 Å². The lowest BCUT2D eigenvalue weighted by Gasteiger charge is -2.16. The number of esters is 1. The first kappa shape index (κ1) is 16.6. The van der Waals surface area contributed by atoms with Crippen molar-refractivity contribution in [3.05, 3.63) is 64.2 Å². The van der Waals surface area contributed by atoms with Crippen LogP contribution in [0.1, 0.15) is 12.0 Å². The predicted octanol–water partition coefficient (Wildman–Crippen LogP) is 2.86. The Labute approximate surface area is 144 Å². The van der Waals surface area contributed by atoms with Gasteiger partial charge in [0.1, 0.15) is 5.75 Å². The van der Waals surface area contributed by atoms with Crippen LogP contribution in [-0.2, 0) is 9.59 Å². The van der Waals surface area contributed by atoms with E-state index in [0.717, 1.165) is 11.3 Å². The number of non-ortho nitro benzene ring substituents is 1. The SMILES string of the molecule is Cc1ccc(N2C[C@@H](C(=O)Oc3ccc([N+](=O)[O-])cc3)CC2=O)cc1. The van der Waals surface area contributed by atoms with E-state index in [9.17, 15) is 19.7 Å². The van der Waals surface area contributed by atoms with E-state index in [1.54, 1.807) is 4.90 Å². The monoisotopic (exact) mass is 340 g/mol. The van der Waals surface area contributed by atoms with E-state index < -0.39 is 16.8 Å². The zero-order valence-electron chi connectivity index (χ0n) is 13.5. The zero-order chi connectivity index (χ0) is 18.0. The molecule has 1 aliphatic rings. The second-order valence-electron chi connectivity index (χ2n) is 5.91. The first-order chi connectivity index (χ1) is 11.9. The molecule has 0 aliphatic carbocycles. The highest BCUT2D eigenvalue weighted by atomic mass is 16.6. The third-order valence-electron chi connectivity index (χ3n) is 4.07. The molecule has 3 rings (SSSR count). The maximum absolute atomic E-state index is 12.3. The molecule has 7 nitrogen and oxygen atoms in total. The van der Waals surface area contributed by atoms with Crippen molar-refractivity contribution >= 4 is 23.3 Å². The van der Waals surface area contributed by atoms with E-state index in [1.165, 1.54) is 24.3 Å². The van der Waals surface area contributed by atoms with Crippen LogP contribution in [0.15, 0.2) is 48.5 Å². The van der Waals surface area contributed by atoms with Crippen LogP contribution < -0.4 is 9.64 Å². The number of rotatable bonds is 4. The van der Waals surface area contributed by atoms with Gasteiger partial charge >= 0.3 is 5.97 Å². The first-order valence-corrected chi connectivity index (χ1v) is 7.77. The Morgan fingerprint density at radius 1 is 1.16 bits per heavy atom. The highest BCUT2D eigenvalue weighted by molar-refractivity contribution is 5.99. The molecule has 0 aromatic heterocycles. The zero-order valence-corrected chi connectivity index (χ0v) is 13.5. The fourth-order valence-corrected chi connectivity index (χ4v) is 2.68. The molecule has 7 heteroatoms. The van der Waals surface area contributed by atoms with Crippen molar-refractivity contribution in [2.24, 2.45) is 5.92 Å². The number of benzene rings is 2. The molecule has 0 bridgehead atoms. The van der Waals surface area contributed by atoms with Crippen molar-refractivity contribution in [2.75, 3.05) is 11.4 Å². The van der Waals surface area contributed by atoms with Crippen LogP contribution in [0.25, 0.3) is 0 Å². The van der Waals surface area contributed by atoms with Gasteiger partial charge < -0.3 is 9.64 Å². The number of carbonyl (C=O) groups is 2. The molecule has 128 valence electrons. The van der Waals surface area contributed by atoms with E-state index in [2.05, 4.69) is 0 Å². The molecule has 1 saturated heterocycles. The maximum atomic E-state index is 12.3. The highest BCUT2D eigenvalue weighted by Crippen LogP contribution is 2.27. The van der Waals surface area contributed by atoms with Crippen LogP contribution in [-0.4, -0.2) is 23.3 Å². The van der Waals surface area contributed by atoms with Gasteiger partial charge in [0, 0.05) is 30.8 Å².